The molecule has 0 radical (unpaired) electrons. The third kappa shape index (κ3) is 1.82. The van der Waals surface area contributed by atoms with E-state index in [1.165, 1.54) is 0 Å². The Balaban J connectivity index is 1.80. The molecule has 0 saturated carbocycles. The second kappa shape index (κ2) is 4.09. The minimum absolute atomic E-state index is 0.285. The molecular formula is C13H16N2O2S. The number of hydrogen-bond donors (Lipinski definition) is 1. The zero-order valence-electron chi connectivity index (χ0n) is 10.1. The average molecular weight is 264 g/mol. The first-order valence-electron chi connectivity index (χ1n) is 6.21. The molecule has 96 valence electrons. The Morgan fingerprint density at radius 1 is 1.33 bits per heavy atom. The number of rotatable bonds is 2. The van der Waals surface area contributed by atoms with Crippen LogP contribution in [0.1, 0.15) is 24.0 Å². The Labute approximate surface area is 107 Å². The summed E-state index contributed by atoms with van der Waals surface area (Å²) in [7, 11) is -2.92. The predicted molar refractivity (Wildman–Crippen MR) is 70.5 cm³/mol. The van der Waals surface area contributed by atoms with Crippen LogP contribution in [0.3, 0.4) is 0 Å². The molecule has 0 amide bonds. The molecule has 0 aromatic heterocycles. The fourth-order valence-electron chi connectivity index (χ4n) is 2.81. The van der Waals surface area contributed by atoms with Gasteiger partial charge < -0.3 is 4.90 Å². The van der Waals surface area contributed by atoms with Gasteiger partial charge in [0.1, 0.15) is 5.84 Å². The summed E-state index contributed by atoms with van der Waals surface area (Å²) in [5.41, 5.74) is 2.06. The molecule has 2 aliphatic rings. The van der Waals surface area contributed by atoms with E-state index in [4.69, 9.17) is 5.41 Å². The summed E-state index contributed by atoms with van der Waals surface area (Å²) in [5, 5.41) is 7.83. The van der Waals surface area contributed by atoms with Gasteiger partial charge in [0.15, 0.2) is 9.84 Å². The minimum Gasteiger partial charge on any atom is -0.351 e. The Morgan fingerprint density at radius 3 is 2.78 bits per heavy atom. The minimum atomic E-state index is -2.92. The first-order valence-corrected chi connectivity index (χ1v) is 7.93. The lowest BCUT2D eigenvalue weighted by molar-refractivity contribution is 0.415. The van der Waals surface area contributed by atoms with Crippen molar-refractivity contribution < 1.29 is 8.42 Å². The zero-order valence-corrected chi connectivity index (χ0v) is 10.9. The van der Waals surface area contributed by atoms with Crippen molar-refractivity contribution >= 4 is 15.7 Å². The van der Waals surface area contributed by atoms with Gasteiger partial charge in [0.2, 0.25) is 0 Å². The first kappa shape index (κ1) is 11.7. The number of hydrogen-bond acceptors (Lipinski definition) is 3. The maximum absolute atomic E-state index is 11.8. The number of fused-ring (bicyclic) bond motifs is 1. The fraction of sp³-hybridized carbons (Fsp3) is 0.462. The summed E-state index contributed by atoms with van der Waals surface area (Å²) in [6.45, 7) is 1.14. The molecule has 1 fully saturated rings. The monoisotopic (exact) mass is 264 g/mol. The molecule has 0 aliphatic carbocycles. The molecule has 2 heterocycles. The van der Waals surface area contributed by atoms with E-state index in [1.54, 1.807) is 0 Å². The van der Waals surface area contributed by atoms with Gasteiger partial charge in [-0.05, 0) is 18.4 Å². The average Bonchev–Trinajstić information content (AvgIpc) is 2.83. The Hall–Kier alpha value is -1.36. The maximum Gasteiger partial charge on any atom is 0.154 e. The SMILES string of the molecule is N=C1c2ccccc2CN1CC1CCCS1(=O)=O. The molecule has 0 spiro atoms. The number of nitrogens with zero attached hydrogens (tertiary/aromatic N) is 1. The number of benzene rings is 1. The molecule has 2 aliphatic heterocycles. The van der Waals surface area contributed by atoms with Crippen LogP contribution in [-0.2, 0) is 16.4 Å². The molecule has 1 atom stereocenters. The van der Waals surface area contributed by atoms with Gasteiger partial charge in [-0.25, -0.2) is 8.42 Å². The van der Waals surface area contributed by atoms with Crippen molar-refractivity contribution in [3.8, 4) is 0 Å². The normalized spacial score (nSPS) is 25.4. The predicted octanol–water partition coefficient (Wildman–Crippen LogP) is 1.40. The van der Waals surface area contributed by atoms with E-state index in [0.717, 1.165) is 24.0 Å². The van der Waals surface area contributed by atoms with Crippen LogP contribution >= 0.6 is 0 Å². The number of nitrogens with one attached hydrogen (secondary N) is 1. The van der Waals surface area contributed by atoms with Gasteiger partial charge in [-0.3, -0.25) is 5.41 Å². The molecule has 5 heteroatoms. The summed E-state index contributed by atoms with van der Waals surface area (Å²) in [4.78, 5) is 1.89. The Morgan fingerprint density at radius 2 is 2.11 bits per heavy atom. The molecule has 0 bridgehead atoms. The first-order chi connectivity index (χ1) is 8.58. The lowest BCUT2D eigenvalue weighted by Crippen LogP contribution is -2.35. The van der Waals surface area contributed by atoms with E-state index in [9.17, 15) is 8.42 Å². The van der Waals surface area contributed by atoms with Crippen LogP contribution in [0.25, 0.3) is 0 Å². The van der Waals surface area contributed by atoms with Gasteiger partial charge in [0, 0.05) is 18.7 Å². The van der Waals surface area contributed by atoms with E-state index in [2.05, 4.69) is 0 Å². The highest BCUT2D eigenvalue weighted by Crippen LogP contribution is 2.26. The van der Waals surface area contributed by atoms with Crippen molar-refractivity contribution in [1.82, 2.24) is 4.90 Å². The standard InChI is InChI=1S/C13H16N2O2S/c14-13-12-6-2-1-4-10(12)8-15(13)9-11-5-3-7-18(11,16)17/h1-2,4,6,11,14H,3,5,7-9H2. The van der Waals surface area contributed by atoms with Crippen LogP contribution in [0.15, 0.2) is 24.3 Å². The van der Waals surface area contributed by atoms with Gasteiger partial charge in [-0.2, -0.15) is 0 Å². The van der Waals surface area contributed by atoms with Crippen LogP contribution in [0.4, 0.5) is 0 Å². The Kier molecular flexibility index (Phi) is 2.66. The van der Waals surface area contributed by atoms with Crippen molar-refractivity contribution in [3.05, 3.63) is 35.4 Å². The summed E-state index contributed by atoms with van der Waals surface area (Å²) in [6, 6.07) is 7.82. The number of amidine groups is 1. The summed E-state index contributed by atoms with van der Waals surface area (Å²) in [5.74, 6) is 0.777. The molecule has 1 N–H and O–H groups in total. The second-order valence-electron chi connectivity index (χ2n) is 5.02. The Bertz CT molecular complexity index is 595. The van der Waals surface area contributed by atoms with Crippen molar-refractivity contribution in [2.45, 2.75) is 24.6 Å². The van der Waals surface area contributed by atoms with E-state index in [-0.39, 0.29) is 5.25 Å². The third-order valence-electron chi connectivity index (χ3n) is 3.84. The fourth-order valence-corrected chi connectivity index (χ4v) is 4.64. The van der Waals surface area contributed by atoms with Gasteiger partial charge in [-0.1, -0.05) is 24.3 Å². The lowest BCUT2D eigenvalue weighted by atomic mass is 10.1. The van der Waals surface area contributed by atoms with Gasteiger partial charge in [0.05, 0.1) is 11.0 Å². The third-order valence-corrected chi connectivity index (χ3v) is 6.09. The van der Waals surface area contributed by atoms with Crippen molar-refractivity contribution in [3.63, 3.8) is 0 Å². The summed E-state index contributed by atoms with van der Waals surface area (Å²) >= 11 is 0. The zero-order chi connectivity index (χ0) is 12.8. The highest BCUT2D eigenvalue weighted by atomic mass is 32.2. The summed E-state index contributed by atoms with van der Waals surface area (Å²) in [6.07, 6.45) is 1.50. The molecular weight excluding hydrogens is 248 g/mol. The van der Waals surface area contributed by atoms with Gasteiger partial charge in [0.25, 0.3) is 0 Å². The highest BCUT2D eigenvalue weighted by molar-refractivity contribution is 7.92. The van der Waals surface area contributed by atoms with Crippen LogP contribution in [0.2, 0.25) is 0 Å². The molecule has 3 rings (SSSR count). The van der Waals surface area contributed by atoms with Crippen molar-refractivity contribution in [2.75, 3.05) is 12.3 Å². The van der Waals surface area contributed by atoms with E-state index < -0.39 is 9.84 Å². The van der Waals surface area contributed by atoms with Gasteiger partial charge >= 0.3 is 0 Å². The van der Waals surface area contributed by atoms with Crippen molar-refractivity contribution in [2.24, 2.45) is 0 Å². The van der Waals surface area contributed by atoms with Crippen LogP contribution in [-0.4, -0.2) is 36.7 Å². The van der Waals surface area contributed by atoms with Crippen LogP contribution < -0.4 is 0 Å². The smallest absolute Gasteiger partial charge is 0.154 e. The summed E-state index contributed by atoms with van der Waals surface area (Å²) < 4.78 is 23.7. The molecule has 1 aromatic rings. The topological polar surface area (TPSA) is 61.2 Å². The molecule has 1 aromatic carbocycles. The molecule has 1 saturated heterocycles. The molecule has 4 nitrogen and oxygen atoms in total. The van der Waals surface area contributed by atoms with Crippen LogP contribution in [0.5, 0.6) is 0 Å². The number of sulfone groups is 1. The molecule has 1 unspecified atom stereocenters. The van der Waals surface area contributed by atoms with Crippen molar-refractivity contribution in [1.29, 1.82) is 5.41 Å². The van der Waals surface area contributed by atoms with E-state index >= 15 is 0 Å². The van der Waals surface area contributed by atoms with E-state index in [1.807, 2.05) is 29.2 Å². The lowest BCUT2D eigenvalue weighted by Gasteiger charge is -2.21. The quantitative estimate of drug-likeness (QED) is 0.878. The van der Waals surface area contributed by atoms with E-state index in [0.29, 0.717) is 24.7 Å². The van der Waals surface area contributed by atoms with Crippen LogP contribution in [0, 0.1) is 5.41 Å². The molecule has 18 heavy (non-hydrogen) atoms. The second-order valence-corrected chi connectivity index (χ2v) is 7.42. The largest absolute Gasteiger partial charge is 0.351 e. The maximum atomic E-state index is 11.8. The van der Waals surface area contributed by atoms with Gasteiger partial charge in [-0.15, -0.1) is 0 Å². The highest BCUT2D eigenvalue weighted by Gasteiger charge is 2.35.